The Hall–Kier alpha value is -1.76. The molecule has 1 aromatic carbocycles. The number of benzene rings is 1. The maximum absolute atomic E-state index is 5.78. The van der Waals surface area contributed by atoms with Crippen molar-refractivity contribution >= 4 is 11.3 Å². The molecule has 5 nitrogen and oxygen atoms in total. The van der Waals surface area contributed by atoms with Crippen molar-refractivity contribution in [2.75, 3.05) is 21.3 Å². The highest BCUT2D eigenvalue weighted by molar-refractivity contribution is 7.10. The molecule has 6 heteroatoms. The van der Waals surface area contributed by atoms with E-state index < -0.39 is 0 Å². The van der Waals surface area contributed by atoms with Gasteiger partial charge >= 0.3 is 0 Å². The minimum absolute atomic E-state index is 0.167. The van der Waals surface area contributed by atoms with Crippen molar-refractivity contribution in [2.45, 2.75) is 13.0 Å². The van der Waals surface area contributed by atoms with Crippen LogP contribution in [-0.4, -0.2) is 21.3 Å². The van der Waals surface area contributed by atoms with Crippen LogP contribution in [-0.2, 0) is 0 Å². The molecule has 0 amide bonds. The highest BCUT2D eigenvalue weighted by atomic mass is 32.1. The maximum Gasteiger partial charge on any atom is 0.164 e. The number of hydrogen-bond acceptors (Lipinski definition) is 6. The van der Waals surface area contributed by atoms with E-state index in [2.05, 4.69) is 18.4 Å². The first-order valence-electron chi connectivity index (χ1n) is 6.46. The van der Waals surface area contributed by atoms with Gasteiger partial charge in [-0.1, -0.05) is 0 Å². The first-order valence-corrected chi connectivity index (χ1v) is 7.34. The van der Waals surface area contributed by atoms with Crippen LogP contribution in [0.5, 0.6) is 17.2 Å². The number of ether oxygens (including phenoxy) is 3. The molecule has 0 bridgehead atoms. The predicted molar refractivity (Wildman–Crippen MR) is 84.3 cm³/mol. The van der Waals surface area contributed by atoms with Crippen LogP contribution in [0.15, 0.2) is 23.6 Å². The molecule has 0 aliphatic carbocycles. The zero-order valence-corrected chi connectivity index (χ0v) is 13.4. The van der Waals surface area contributed by atoms with Crippen LogP contribution in [0.25, 0.3) is 0 Å². The van der Waals surface area contributed by atoms with E-state index in [9.17, 15) is 0 Å². The number of nitrogens with one attached hydrogen (secondary N) is 1. The van der Waals surface area contributed by atoms with E-state index in [0.717, 1.165) is 10.4 Å². The molecule has 0 saturated carbocycles. The van der Waals surface area contributed by atoms with Crippen molar-refractivity contribution in [1.29, 1.82) is 0 Å². The Labute approximate surface area is 128 Å². The normalized spacial score (nSPS) is 12.0. The van der Waals surface area contributed by atoms with E-state index in [1.807, 2.05) is 11.4 Å². The second kappa shape index (κ2) is 6.80. The van der Waals surface area contributed by atoms with Crippen LogP contribution in [0.2, 0.25) is 0 Å². The minimum atomic E-state index is -0.167. The zero-order chi connectivity index (χ0) is 15.4. The summed E-state index contributed by atoms with van der Waals surface area (Å²) in [6.45, 7) is 2.06. The Morgan fingerprint density at radius 3 is 2.14 bits per heavy atom. The van der Waals surface area contributed by atoms with Crippen LogP contribution < -0.4 is 25.5 Å². The molecule has 1 atom stereocenters. The number of methoxy groups -OCH3 is 3. The Bertz CT molecular complexity index is 613. The van der Waals surface area contributed by atoms with Gasteiger partial charge in [-0.2, -0.15) is 0 Å². The number of thiophene rings is 1. The summed E-state index contributed by atoms with van der Waals surface area (Å²) in [5.41, 5.74) is 4.95. The molecule has 1 heterocycles. The summed E-state index contributed by atoms with van der Waals surface area (Å²) in [6.07, 6.45) is 0. The first-order chi connectivity index (χ1) is 10.2. The highest BCUT2D eigenvalue weighted by Gasteiger charge is 2.22. The van der Waals surface area contributed by atoms with Gasteiger partial charge in [-0.3, -0.25) is 5.84 Å². The Morgan fingerprint density at radius 1 is 1.05 bits per heavy atom. The van der Waals surface area contributed by atoms with Crippen LogP contribution >= 0.6 is 11.3 Å². The number of nitrogens with two attached hydrogens (primary N) is 1. The second-order valence-corrected chi connectivity index (χ2v) is 5.46. The third kappa shape index (κ3) is 2.97. The molecule has 1 aromatic heterocycles. The van der Waals surface area contributed by atoms with Crippen LogP contribution in [0.4, 0.5) is 0 Å². The number of hydrogen-bond donors (Lipinski definition) is 2. The summed E-state index contributed by atoms with van der Waals surface area (Å²) >= 11 is 1.65. The topological polar surface area (TPSA) is 65.7 Å². The summed E-state index contributed by atoms with van der Waals surface area (Å²) in [6, 6.07) is 5.60. The van der Waals surface area contributed by atoms with Gasteiger partial charge in [0, 0.05) is 16.5 Å². The van der Waals surface area contributed by atoms with E-state index in [-0.39, 0.29) is 6.04 Å². The number of hydrazine groups is 1. The van der Waals surface area contributed by atoms with Gasteiger partial charge < -0.3 is 14.2 Å². The van der Waals surface area contributed by atoms with Gasteiger partial charge in [0.2, 0.25) is 0 Å². The van der Waals surface area contributed by atoms with Crippen LogP contribution in [0, 0.1) is 6.92 Å². The standard InChI is InChI=1S/C15H20N2O3S/c1-9-5-6-21-15(9)14(17-16)10-7-12(19-3)13(20-4)8-11(10)18-2/h5-8,14,17H,16H2,1-4H3. The average molecular weight is 308 g/mol. The monoisotopic (exact) mass is 308 g/mol. The number of rotatable bonds is 6. The SMILES string of the molecule is COc1cc(OC)c(C(NN)c2sccc2C)cc1OC. The lowest BCUT2D eigenvalue weighted by molar-refractivity contribution is 0.346. The summed E-state index contributed by atoms with van der Waals surface area (Å²) in [7, 11) is 4.83. The molecular weight excluding hydrogens is 288 g/mol. The van der Waals surface area contributed by atoms with Crippen molar-refractivity contribution in [1.82, 2.24) is 5.43 Å². The lowest BCUT2D eigenvalue weighted by Gasteiger charge is -2.21. The van der Waals surface area contributed by atoms with Gasteiger partial charge in [0.15, 0.2) is 11.5 Å². The van der Waals surface area contributed by atoms with Crippen molar-refractivity contribution < 1.29 is 14.2 Å². The molecule has 0 radical (unpaired) electrons. The molecule has 2 rings (SSSR count). The molecule has 0 saturated heterocycles. The molecule has 114 valence electrons. The second-order valence-electron chi connectivity index (χ2n) is 4.52. The molecule has 0 aliphatic heterocycles. The molecule has 1 unspecified atom stereocenters. The van der Waals surface area contributed by atoms with Crippen molar-refractivity contribution in [3.63, 3.8) is 0 Å². The summed E-state index contributed by atoms with van der Waals surface area (Å²) < 4.78 is 16.2. The third-order valence-electron chi connectivity index (χ3n) is 3.38. The Morgan fingerprint density at radius 2 is 1.67 bits per heavy atom. The van der Waals surface area contributed by atoms with Gasteiger partial charge in [0.05, 0.1) is 27.4 Å². The Kier molecular flexibility index (Phi) is 5.06. The first kappa shape index (κ1) is 15.6. The minimum Gasteiger partial charge on any atom is -0.496 e. The van der Waals surface area contributed by atoms with E-state index in [4.69, 9.17) is 20.1 Å². The smallest absolute Gasteiger partial charge is 0.164 e. The summed E-state index contributed by atoms with van der Waals surface area (Å²) in [4.78, 5) is 1.14. The maximum atomic E-state index is 5.78. The van der Waals surface area contributed by atoms with Crippen LogP contribution in [0.1, 0.15) is 22.0 Å². The Balaban J connectivity index is 2.57. The lowest BCUT2D eigenvalue weighted by Crippen LogP contribution is -2.29. The van der Waals surface area contributed by atoms with Gasteiger partial charge in [0.1, 0.15) is 5.75 Å². The molecule has 21 heavy (non-hydrogen) atoms. The van der Waals surface area contributed by atoms with E-state index >= 15 is 0 Å². The zero-order valence-electron chi connectivity index (χ0n) is 12.6. The molecule has 0 spiro atoms. The fourth-order valence-corrected chi connectivity index (χ4v) is 3.27. The summed E-state index contributed by atoms with van der Waals surface area (Å²) in [5.74, 6) is 7.74. The van der Waals surface area contributed by atoms with Crippen molar-refractivity contribution in [2.24, 2.45) is 5.84 Å². The van der Waals surface area contributed by atoms with E-state index in [0.29, 0.717) is 17.2 Å². The molecule has 0 aliphatic rings. The van der Waals surface area contributed by atoms with Crippen molar-refractivity contribution in [3.8, 4) is 17.2 Å². The van der Waals surface area contributed by atoms with E-state index in [1.54, 1.807) is 38.7 Å². The van der Waals surface area contributed by atoms with Crippen molar-refractivity contribution in [3.05, 3.63) is 39.6 Å². The fourth-order valence-electron chi connectivity index (χ4n) is 2.27. The summed E-state index contributed by atoms with van der Waals surface area (Å²) in [5, 5.41) is 2.04. The largest absolute Gasteiger partial charge is 0.496 e. The van der Waals surface area contributed by atoms with Gasteiger partial charge in [-0.25, -0.2) is 5.43 Å². The average Bonchev–Trinajstić information content (AvgIpc) is 2.93. The number of aryl methyl sites for hydroxylation is 1. The highest BCUT2D eigenvalue weighted by Crippen LogP contribution is 2.40. The molecule has 3 N–H and O–H groups in total. The molecule has 2 aromatic rings. The quantitative estimate of drug-likeness (QED) is 0.634. The lowest BCUT2D eigenvalue weighted by atomic mass is 10.0. The molecular formula is C15H20N2O3S. The van der Waals surface area contributed by atoms with E-state index in [1.165, 1.54) is 5.56 Å². The van der Waals surface area contributed by atoms with Gasteiger partial charge in [-0.15, -0.1) is 11.3 Å². The predicted octanol–water partition coefficient (Wildman–Crippen LogP) is 2.64. The third-order valence-corrected chi connectivity index (χ3v) is 4.46. The van der Waals surface area contributed by atoms with Gasteiger partial charge in [0.25, 0.3) is 0 Å². The fraction of sp³-hybridized carbons (Fsp3) is 0.333. The van der Waals surface area contributed by atoms with Gasteiger partial charge in [-0.05, 0) is 30.0 Å². The molecule has 0 fully saturated rings. The van der Waals surface area contributed by atoms with Crippen LogP contribution in [0.3, 0.4) is 0 Å².